The van der Waals surface area contributed by atoms with Gasteiger partial charge in [-0.25, -0.2) is 9.78 Å². The predicted molar refractivity (Wildman–Crippen MR) is 101 cm³/mol. The van der Waals surface area contributed by atoms with Gasteiger partial charge in [-0.1, -0.05) is 0 Å². The number of hydrogen-bond acceptors (Lipinski definition) is 5. The van der Waals surface area contributed by atoms with Crippen LogP contribution in [0.25, 0.3) is 0 Å². The van der Waals surface area contributed by atoms with Gasteiger partial charge in [0.05, 0.1) is 11.9 Å². The number of hydrogen-bond donors (Lipinski definition) is 0. The first-order chi connectivity index (χ1) is 12.2. The number of ether oxygens (including phenoxy) is 1. The fourth-order valence-corrected chi connectivity index (χ4v) is 3.40. The summed E-state index contributed by atoms with van der Waals surface area (Å²) in [6.07, 6.45) is 3.30. The second kappa shape index (κ2) is 7.13. The first kappa shape index (κ1) is 18.5. The van der Waals surface area contributed by atoms with E-state index in [-0.39, 0.29) is 12.0 Å². The molecular formula is C19H28N4O3. The minimum atomic E-state index is -0.515. The standard InChI is InChI=1S/C19H28N4O3/c1-14(24)21-8-10-22(11-9-21)17-12-15-6-5-7-23(16(15)13-20-17)18(25)26-19(2,3)4/h12-13H,5-11H2,1-4H3. The lowest BCUT2D eigenvalue weighted by atomic mass is 10.0. The highest BCUT2D eigenvalue weighted by atomic mass is 16.6. The molecule has 1 fully saturated rings. The molecule has 1 aromatic heterocycles. The fraction of sp³-hybridized carbons (Fsp3) is 0.632. The highest BCUT2D eigenvalue weighted by Crippen LogP contribution is 2.30. The summed E-state index contributed by atoms with van der Waals surface area (Å²) in [5.41, 5.74) is 1.45. The van der Waals surface area contributed by atoms with Crippen molar-refractivity contribution in [2.24, 2.45) is 0 Å². The van der Waals surface area contributed by atoms with Crippen molar-refractivity contribution in [1.29, 1.82) is 0 Å². The van der Waals surface area contributed by atoms with Gasteiger partial charge in [0, 0.05) is 39.6 Å². The number of amides is 2. The molecule has 0 saturated carbocycles. The Morgan fingerprint density at radius 1 is 1.12 bits per heavy atom. The molecular weight excluding hydrogens is 332 g/mol. The van der Waals surface area contributed by atoms with Gasteiger partial charge in [0.25, 0.3) is 0 Å². The fourth-order valence-electron chi connectivity index (χ4n) is 3.40. The van der Waals surface area contributed by atoms with E-state index in [4.69, 9.17) is 4.74 Å². The monoisotopic (exact) mass is 360 g/mol. The number of piperazine rings is 1. The molecule has 0 N–H and O–H groups in total. The molecule has 2 aliphatic rings. The zero-order chi connectivity index (χ0) is 18.9. The van der Waals surface area contributed by atoms with E-state index < -0.39 is 5.60 Å². The minimum Gasteiger partial charge on any atom is -0.443 e. The number of rotatable bonds is 1. The second-order valence-electron chi connectivity index (χ2n) is 7.90. The van der Waals surface area contributed by atoms with Crippen LogP contribution in [0, 0.1) is 0 Å². The van der Waals surface area contributed by atoms with Crippen molar-refractivity contribution in [2.45, 2.75) is 46.1 Å². The van der Waals surface area contributed by atoms with Crippen LogP contribution >= 0.6 is 0 Å². The van der Waals surface area contributed by atoms with Gasteiger partial charge in [0.2, 0.25) is 5.91 Å². The van der Waals surface area contributed by atoms with Crippen LogP contribution in [0.15, 0.2) is 12.3 Å². The molecule has 7 heteroatoms. The Labute approximate surface area is 154 Å². The molecule has 1 aromatic rings. The van der Waals surface area contributed by atoms with Crippen molar-refractivity contribution in [1.82, 2.24) is 9.88 Å². The molecule has 26 heavy (non-hydrogen) atoms. The Morgan fingerprint density at radius 2 is 1.81 bits per heavy atom. The first-order valence-corrected chi connectivity index (χ1v) is 9.24. The normalized spacial score (nSPS) is 17.8. The van der Waals surface area contributed by atoms with E-state index >= 15 is 0 Å². The molecule has 0 aliphatic carbocycles. The predicted octanol–water partition coefficient (Wildman–Crippen LogP) is 2.44. The SMILES string of the molecule is CC(=O)N1CCN(c2cc3c(cn2)N(C(=O)OC(C)(C)C)CCC3)CC1. The summed E-state index contributed by atoms with van der Waals surface area (Å²) in [6, 6.07) is 2.08. The quantitative estimate of drug-likeness (QED) is 0.770. The van der Waals surface area contributed by atoms with E-state index in [9.17, 15) is 9.59 Å². The van der Waals surface area contributed by atoms with Crippen LogP contribution in [0.1, 0.15) is 39.7 Å². The van der Waals surface area contributed by atoms with Gasteiger partial charge in [0.1, 0.15) is 11.4 Å². The van der Waals surface area contributed by atoms with E-state index in [2.05, 4.69) is 16.0 Å². The van der Waals surface area contributed by atoms with Crippen LogP contribution in [-0.4, -0.2) is 60.2 Å². The number of carbonyl (C=O) groups is 2. The molecule has 0 spiro atoms. The minimum absolute atomic E-state index is 0.121. The van der Waals surface area contributed by atoms with E-state index in [1.807, 2.05) is 25.7 Å². The van der Waals surface area contributed by atoms with E-state index in [0.29, 0.717) is 6.54 Å². The third-order valence-electron chi connectivity index (χ3n) is 4.73. The number of aryl methyl sites for hydroxylation is 1. The maximum atomic E-state index is 12.5. The topological polar surface area (TPSA) is 66.0 Å². The van der Waals surface area contributed by atoms with Crippen molar-refractivity contribution < 1.29 is 14.3 Å². The summed E-state index contributed by atoms with van der Waals surface area (Å²) in [6.45, 7) is 10.9. The van der Waals surface area contributed by atoms with E-state index in [0.717, 1.165) is 56.1 Å². The Morgan fingerprint density at radius 3 is 2.42 bits per heavy atom. The van der Waals surface area contributed by atoms with Gasteiger partial charge in [-0.2, -0.15) is 0 Å². The largest absolute Gasteiger partial charge is 0.443 e. The maximum absolute atomic E-state index is 12.5. The lowest BCUT2D eigenvalue weighted by Gasteiger charge is -2.36. The van der Waals surface area contributed by atoms with Crippen LogP contribution in [0.3, 0.4) is 0 Å². The molecule has 1 saturated heterocycles. The average molecular weight is 360 g/mol. The Hall–Kier alpha value is -2.31. The number of pyridine rings is 1. The maximum Gasteiger partial charge on any atom is 0.414 e. The smallest absolute Gasteiger partial charge is 0.414 e. The van der Waals surface area contributed by atoms with Crippen molar-refractivity contribution >= 4 is 23.5 Å². The molecule has 2 aliphatic heterocycles. The molecule has 0 atom stereocenters. The zero-order valence-corrected chi connectivity index (χ0v) is 16.1. The zero-order valence-electron chi connectivity index (χ0n) is 16.1. The molecule has 0 bridgehead atoms. The Kier molecular flexibility index (Phi) is 5.07. The Balaban J connectivity index is 1.74. The van der Waals surface area contributed by atoms with E-state index in [1.165, 1.54) is 0 Å². The Bertz CT molecular complexity index is 691. The number of aromatic nitrogens is 1. The highest BCUT2D eigenvalue weighted by molar-refractivity contribution is 5.89. The van der Waals surface area contributed by atoms with Crippen molar-refractivity contribution in [3.8, 4) is 0 Å². The third kappa shape index (κ3) is 4.08. The van der Waals surface area contributed by atoms with Gasteiger partial charge in [-0.15, -0.1) is 0 Å². The number of carbonyl (C=O) groups excluding carboxylic acids is 2. The van der Waals surface area contributed by atoms with Gasteiger partial charge in [-0.3, -0.25) is 9.69 Å². The lowest BCUT2D eigenvalue weighted by molar-refractivity contribution is -0.129. The van der Waals surface area contributed by atoms with Gasteiger partial charge in [0.15, 0.2) is 0 Å². The summed E-state index contributed by atoms with van der Waals surface area (Å²) < 4.78 is 5.53. The molecule has 0 radical (unpaired) electrons. The number of nitrogens with zero attached hydrogens (tertiary/aromatic N) is 4. The summed E-state index contributed by atoms with van der Waals surface area (Å²) in [7, 11) is 0. The molecule has 2 amide bonds. The van der Waals surface area contributed by atoms with Crippen LogP contribution < -0.4 is 9.80 Å². The molecule has 0 aromatic carbocycles. The van der Waals surface area contributed by atoms with E-state index in [1.54, 1.807) is 18.0 Å². The molecule has 3 heterocycles. The van der Waals surface area contributed by atoms with Gasteiger partial charge >= 0.3 is 6.09 Å². The van der Waals surface area contributed by atoms with Crippen LogP contribution in [0.5, 0.6) is 0 Å². The number of fused-ring (bicyclic) bond motifs is 1. The van der Waals surface area contributed by atoms with Crippen molar-refractivity contribution in [3.63, 3.8) is 0 Å². The van der Waals surface area contributed by atoms with Crippen LogP contribution in [0.2, 0.25) is 0 Å². The molecule has 142 valence electrons. The molecule has 7 nitrogen and oxygen atoms in total. The van der Waals surface area contributed by atoms with Crippen LogP contribution in [0.4, 0.5) is 16.3 Å². The summed E-state index contributed by atoms with van der Waals surface area (Å²) in [5.74, 6) is 1.04. The van der Waals surface area contributed by atoms with Crippen molar-refractivity contribution in [2.75, 3.05) is 42.5 Å². The summed E-state index contributed by atoms with van der Waals surface area (Å²) >= 11 is 0. The summed E-state index contributed by atoms with van der Waals surface area (Å²) in [4.78, 5) is 34.3. The van der Waals surface area contributed by atoms with Gasteiger partial charge in [-0.05, 0) is 45.2 Å². The number of anilines is 2. The molecule has 3 rings (SSSR count). The van der Waals surface area contributed by atoms with Crippen LogP contribution in [-0.2, 0) is 16.0 Å². The first-order valence-electron chi connectivity index (χ1n) is 9.24. The van der Waals surface area contributed by atoms with Crippen molar-refractivity contribution in [3.05, 3.63) is 17.8 Å². The lowest BCUT2D eigenvalue weighted by Crippen LogP contribution is -2.48. The van der Waals surface area contributed by atoms with Gasteiger partial charge < -0.3 is 14.5 Å². The summed E-state index contributed by atoms with van der Waals surface area (Å²) in [5, 5.41) is 0. The third-order valence-corrected chi connectivity index (χ3v) is 4.73. The highest BCUT2D eigenvalue weighted by Gasteiger charge is 2.28. The molecule has 0 unspecified atom stereocenters. The average Bonchev–Trinajstić information content (AvgIpc) is 2.59. The second-order valence-corrected chi connectivity index (χ2v) is 7.90.